The quantitative estimate of drug-likeness (QED) is 0.561. The van der Waals surface area contributed by atoms with Crippen LogP contribution >= 0.6 is 11.8 Å². The summed E-state index contributed by atoms with van der Waals surface area (Å²) in [5, 5.41) is 9.47. The fourth-order valence-corrected chi connectivity index (χ4v) is 4.54. The highest BCUT2D eigenvalue weighted by atomic mass is 32.2. The molecule has 3 aromatic rings. The first kappa shape index (κ1) is 20.4. The van der Waals surface area contributed by atoms with E-state index in [0.717, 1.165) is 36.4 Å². The Morgan fingerprint density at radius 2 is 2.13 bits per heavy atom. The van der Waals surface area contributed by atoms with Crippen LogP contribution in [0.25, 0.3) is 17.1 Å². The smallest absolute Gasteiger partial charge is 0.233 e. The van der Waals surface area contributed by atoms with Gasteiger partial charge in [-0.25, -0.2) is 0 Å². The molecule has 1 atom stereocenters. The summed E-state index contributed by atoms with van der Waals surface area (Å²) in [6.45, 7) is 2.96. The predicted octanol–water partition coefficient (Wildman–Crippen LogP) is 3.83. The summed E-state index contributed by atoms with van der Waals surface area (Å²) in [7, 11) is 1.64. The molecule has 1 aliphatic rings. The van der Waals surface area contributed by atoms with Crippen molar-refractivity contribution in [2.75, 3.05) is 19.4 Å². The number of nitrogens with zero attached hydrogens (tertiary/aromatic N) is 5. The number of methoxy groups -OCH3 is 1. The predicted molar refractivity (Wildman–Crippen MR) is 117 cm³/mol. The van der Waals surface area contributed by atoms with Crippen molar-refractivity contribution in [2.45, 2.75) is 37.4 Å². The molecule has 7 nitrogen and oxygen atoms in total. The van der Waals surface area contributed by atoms with Crippen molar-refractivity contribution >= 4 is 17.7 Å². The molecule has 1 aliphatic heterocycles. The molecule has 8 heteroatoms. The molecule has 1 fully saturated rings. The maximum absolute atomic E-state index is 12.8. The van der Waals surface area contributed by atoms with Gasteiger partial charge >= 0.3 is 0 Å². The maximum Gasteiger partial charge on any atom is 0.233 e. The number of pyridine rings is 1. The van der Waals surface area contributed by atoms with Gasteiger partial charge < -0.3 is 9.64 Å². The molecule has 0 radical (unpaired) electrons. The van der Waals surface area contributed by atoms with Gasteiger partial charge in [0.15, 0.2) is 11.0 Å². The number of thioether (sulfide) groups is 1. The number of aromatic nitrogens is 4. The van der Waals surface area contributed by atoms with Gasteiger partial charge in [0.1, 0.15) is 5.75 Å². The molecule has 30 heavy (non-hydrogen) atoms. The maximum atomic E-state index is 12.8. The molecular formula is C22H25N5O2S. The van der Waals surface area contributed by atoms with Crippen LogP contribution in [0.15, 0.2) is 53.9 Å². The third kappa shape index (κ3) is 4.33. The zero-order valence-electron chi connectivity index (χ0n) is 17.2. The number of carbonyl (C=O) groups excluding carboxylic acids is 1. The number of hydrogen-bond donors (Lipinski definition) is 0. The molecule has 0 aliphatic carbocycles. The number of ether oxygens (including phenoxy) is 1. The van der Waals surface area contributed by atoms with E-state index in [0.29, 0.717) is 22.8 Å². The molecule has 156 valence electrons. The van der Waals surface area contributed by atoms with E-state index in [9.17, 15) is 4.79 Å². The van der Waals surface area contributed by atoms with Crippen LogP contribution in [0.4, 0.5) is 0 Å². The number of piperidine rings is 1. The van der Waals surface area contributed by atoms with Crippen molar-refractivity contribution < 1.29 is 9.53 Å². The first-order valence-electron chi connectivity index (χ1n) is 10.1. The zero-order chi connectivity index (χ0) is 20.9. The summed E-state index contributed by atoms with van der Waals surface area (Å²) >= 11 is 1.41. The van der Waals surface area contributed by atoms with Crippen LogP contribution in [0.2, 0.25) is 0 Å². The summed E-state index contributed by atoms with van der Waals surface area (Å²) in [6, 6.07) is 11.8. The number of amides is 1. The minimum absolute atomic E-state index is 0.148. The van der Waals surface area contributed by atoms with E-state index < -0.39 is 0 Å². The minimum atomic E-state index is 0.148. The lowest BCUT2D eigenvalue weighted by atomic mass is 10.0. The monoisotopic (exact) mass is 423 g/mol. The van der Waals surface area contributed by atoms with Crippen LogP contribution in [0.3, 0.4) is 0 Å². The van der Waals surface area contributed by atoms with Crippen molar-refractivity contribution in [3.05, 3.63) is 48.8 Å². The summed E-state index contributed by atoms with van der Waals surface area (Å²) < 4.78 is 7.35. The Bertz CT molecular complexity index is 1010. The Labute approximate surface area is 180 Å². The lowest BCUT2D eigenvalue weighted by molar-refractivity contribution is -0.131. The Morgan fingerprint density at radius 1 is 1.23 bits per heavy atom. The SMILES string of the molecule is COc1cccc(-n2c(SCC(=O)N3CCCCC3C)nnc2-c2cccnc2)c1. The highest BCUT2D eigenvalue weighted by Gasteiger charge is 2.24. The Kier molecular flexibility index (Phi) is 6.32. The van der Waals surface area contributed by atoms with Crippen LogP contribution in [0.1, 0.15) is 26.2 Å². The molecule has 3 heterocycles. The van der Waals surface area contributed by atoms with Crippen LogP contribution in [0.5, 0.6) is 5.75 Å². The van der Waals surface area contributed by atoms with Crippen molar-refractivity contribution in [1.29, 1.82) is 0 Å². The van der Waals surface area contributed by atoms with E-state index in [4.69, 9.17) is 4.74 Å². The van der Waals surface area contributed by atoms with Crippen LogP contribution in [-0.4, -0.2) is 56.0 Å². The molecule has 2 aromatic heterocycles. The van der Waals surface area contributed by atoms with Crippen molar-refractivity contribution in [3.8, 4) is 22.8 Å². The fourth-order valence-electron chi connectivity index (χ4n) is 3.71. The van der Waals surface area contributed by atoms with Gasteiger partial charge in [-0.05, 0) is 50.5 Å². The van der Waals surface area contributed by atoms with Crippen molar-refractivity contribution in [3.63, 3.8) is 0 Å². The van der Waals surface area contributed by atoms with Crippen molar-refractivity contribution in [1.82, 2.24) is 24.6 Å². The molecule has 1 unspecified atom stereocenters. The lowest BCUT2D eigenvalue weighted by Crippen LogP contribution is -2.42. The zero-order valence-corrected chi connectivity index (χ0v) is 18.0. The third-order valence-electron chi connectivity index (χ3n) is 5.31. The number of benzene rings is 1. The highest BCUT2D eigenvalue weighted by molar-refractivity contribution is 7.99. The molecule has 0 N–H and O–H groups in total. The van der Waals surface area contributed by atoms with Crippen LogP contribution in [0, 0.1) is 0 Å². The largest absolute Gasteiger partial charge is 0.497 e. The van der Waals surface area contributed by atoms with Crippen LogP contribution < -0.4 is 4.74 Å². The molecule has 1 amide bonds. The van der Waals surface area contributed by atoms with E-state index in [1.54, 1.807) is 19.5 Å². The van der Waals surface area contributed by atoms with Gasteiger partial charge in [-0.2, -0.15) is 0 Å². The molecule has 0 bridgehead atoms. The van der Waals surface area contributed by atoms with E-state index in [2.05, 4.69) is 22.1 Å². The molecule has 0 spiro atoms. The summed E-state index contributed by atoms with van der Waals surface area (Å²) in [6.07, 6.45) is 6.82. The third-order valence-corrected chi connectivity index (χ3v) is 6.23. The average molecular weight is 424 g/mol. The second kappa shape index (κ2) is 9.30. The van der Waals surface area contributed by atoms with E-state index in [1.165, 1.54) is 18.2 Å². The minimum Gasteiger partial charge on any atom is -0.497 e. The standard InChI is InChI=1S/C22H25N5O2S/c1-16-7-3-4-12-26(16)20(28)15-30-22-25-24-21(17-8-6-11-23-14-17)27(22)18-9-5-10-19(13-18)29-2/h5-6,8-11,13-14,16H,3-4,7,12,15H2,1-2H3. The van der Waals surface area contributed by atoms with Gasteiger partial charge in [-0.15, -0.1) is 10.2 Å². The number of likely N-dealkylation sites (tertiary alicyclic amines) is 1. The van der Waals surface area contributed by atoms with Gasteiger partial charge in [0, 0.05) is 36.6 Å². The number of hydrogen-bond acceptors (Lipinski definition) is 6. The Balaban J connectivity index is 1.64. The van der Waals surface area contributed by atoms with Gasteiger partial charge in [0.2, 0.25) is 5.91 Å². The number of carbonyl (C=O) groups is 1. The molecule has 1 aromatic carbocycles. The summed E-state index contributed by atoms with van der Waals surface area (Å²) in [4.78, 5) is 19.0. The summed E-state index contributed by atoms with van der Waals surface area (Å²) in [5.41, 5.74) is 1.73. The van der Waals surface area contributed by atoms with Crippen molar-refractivity contribution in [2.24, 2.45) is 0 Å². The van der Waals surface area contributed by atoms with Gasteiger partial charge in [0.25, 0.3) is 0 Å². The fraction of sp³-hybridized carbons (Fsp3) is 0.364. The molecular weight excluding hydrogens is 398 g/mol. The first-order valence-corrected chi connectivity index (χ1v) is 11.1. The average Bonchev–Trinajstić information content (AvgIpc) is 3.22. The summed E-state index contributed by atoms with van der Waals surface area (Å²) in [5.74, 6) is 1.90. The van der Waals surface area contributed by atoms with Crippen LogP contribution in [-0.2, 0) is 4.79 Å². The Morgan fingerprint density at radius 3 is 2.90 bits per heavy atom. The van der Waals surface area contributed by atoms with E-state index in [1.807, 2.05) is 45.9 Å². The molecule has 4 rings (SSSR count). The highest BCUT2D eigenvalue weighted by Crippen LogP contribution is 2.29. The normalized spacial score (nSPS) is 16.5. The lowest BCUT2D eigenvalue weighted by Gasteiger charge is -2.33. The second-order valence-electron chi connectivity index (χ2n) is 7.31. The second-order valence-corrected chi connectivity index (χ2v) is 8.25. The Hall–Kier alpha value is -2.87. The van der Waals surface area contributed by atoms with E-state index in [-0.39, 0.29) is 5.91 Å². The van der Waals surface area contributed by atoms with Gasteiger partial charge in [0.05, 0.1) is 18.6 Å². The van der Waals surface area contributed by atoms with E-state index >= 15 is 0 Å². The first-order chi connectivity index (χ1) is 14.7. The van der Waals surface area contributed by atoms with Gasteiger partial charge in [-0.1, -0.05) is 17.8 Å². The molecule has 1 saturated heterocycles. The molecule has 0 saturated carbocycles. The topological polar surface area (TPSA) is 73.1 Å². The number of rotatable bonds is 6. The van der Waals surface area contributed by atoms with Gasteiger partial charge in [-0.3, -0.25) is 14.3 Å².